The first-order valence-electron chi connectivity index (χ1n) is 9.95. The SMILES string of the molecule is CC(N(C1=CCCC=C1)c1ccccc1)N(c1ccccc1)c1ccccc1. The molecule has 2 heteroatoms. The molecule has 0 fully saturated rings. The minimum absolute atomic E-state index is 0.0983. The molecule has 1 atom stereocenters. The van der Waals surface area contributed by atoms with Gasteiger partial charge in [0.05, 0.1) is 0 Å². The van der Waals surface area contributed by atoms with Crippen LogP contribution in [0.2, 0.25) is 0 Å². The maximum absolute atomic E-state index is 2.43. The molecule has 1 unspecified atom stereocenters. The zero-order chi connectivity index (χ0) is 19.2. The van der Waals surface area contributed by atoms with Crippen LogP contribution in [0, 0.1) is 0 Å². The van der Waals surface area contributed by atoms with Crippen LogP contribution in [0.1, 0.15) is 19.8 Å². The lowest BCUT2D eigenvalue weighted by Gasteiger charge is -2.41. The molecule has 0 saturated heterocycles. The molecule has 0 aromatic heterocycles. The molecule has 2 nitrogen and oxygen atoms in total. The topological polar surface area (TPSA) is 6.48 Å². The fourth-order valence-corrected chi connectivity index (χ4v) is 3.82. The third-order valence-corrected chi connectivity index (χ3v) is 5.10. The predicted molar refractivity (Wildman–Crippen MR) is 120 cm³/mol. The van der Waals surface area contributed by atoms with Gasteiger partial charge in [0.25, 0.3) is 0 Å². The van der Waals surface area contributed by atoms with Gasteiger partial charge >= 0.3 is 0 Å². The Kier molecular flexibility index (Phi) is 5.58. The number of para-hydroxylation sites is 3. The Morgan fingerprint density at radius 1 is 0.607 bits per heavy atom. The highest BCUT2D eigenvalue weighted by Crippen LogP contribution is 2.33. The Balaban J connectivity index is 1.81. The van der Waals surface area contributed by atoms with Crippen molar-refractivity contribution in [1.82, 2.24) is 0 Å². The molecule has 0 amide bonds. The minimum atomic E-state index is 0.0983. The Morgan fingerprint density at radius 3 is 1.50 bits per heavy atom. The Labute approximate surface area is 168 Å². The van der Waals surface area contributed by atoms with Gasteiger partial charge in [0.2, 0.25) is 0 Å². The van der Waals surface area contributed by atoms with E-state index >= 15 is 0 Å². The van der Waals surface area contributed by atoms with E-state index in [0.717, 1.165) is 12.8 Å². The van der Waals surface area contributed by atoms with Crippen molar-refractivity contribution in [2.45, 2.75) is 25.9 Å². The number of hydrogen-bond donors (Lipinski definition) is 0. The van der Waals surface area contributed by atoms with Crippen LogP contribution in [0.25, 0.3) is 0 Å². The van der Waals surface area contributed by atoms with Crippen molar-refractivity contribution in [2.24, 2.45) is 0 Å². The molecule has 0 radical (unpaired) electrons. The second kappa shape index (κ2) is 8.62. The third-order valence-electron chi connectivity index (χ3n) is 5.10. The van der Waals surface area contributed by atoms with E-state index in [4.69, 9.17) is 0 Å². The zero-order valence-electron chi connectivity index (χ0n) is 16.3. The molecule has 3 aromatic carbocycles. The van der Waals surface area contributed by atoms with E-state index in [9.17, 15) is 0 Å². The fourth-order valence-electron chi connectivity index (χ4n) is 3.82. The summed E-state index contributed by atoms with van der Waals surface area (Å²) in [6, 6.07) is 31.9. The first-order valence-corrected chi connectivity index (χ1v) is 9.95. The average Bonchev–Trinajstić information content (AvgIpc) is 2.77. The summed E-state index contributed by atoms with van der Waals surface area (Å²) in [5.41, 5.74) is 4.82. The van der Waals surface area contributed by atoms with Gasteiger partial charge in [0.15, 0.2) is 0 Å². The van der Waals surface area contributed by atoms with E-state index < -0.39 is 0 Å². The van der Waals surface area contributed by atoms with Crippen LogP contribution in [-0.4, -0.2) is 6.17 Å². The second-order valence-corrected chi connectivity index (χ2v) is 6.99. The van der Waals surface area contributed by atoms with E-state index in [2.05, 4.69) is 126 Å². The third kappa shape index (κ3) is 3.86. The fraction of sp³-hybridized carbons (Fsp3) is 0.154. The smallest absolute Gasteiger partial charge is 0.108 e. The highest BCUT2D eigenvalue weighted by atomic mass is 15.4. The number of allylic oxidation sites excluding steroid dienone is 3. The van der Waals surface area contributed by atoms with Crippen LogP contribution in [-0.2, 0) is 0 Å². The lowest BCUT2D eigenvalue weighted by Crippen LogP contribution is -2.44. The van der Waals surface area contributed by atoms with Crippen molar-refractivity contribution in [1.29, 1.82) is 0 Å². The van der Waals surface area contributed by atoms with Crippen molar-refractivity contribution in [3.8, 4) is 0 Å². The van der Waals surface area contributed by atoms with Crippen molar-refractivity contribution in [3.63, 3.8) is 0 Å². The molecule has 4 rings (SSSR count). The molecule has 0 N–H and O–H groups in total. The normalized spacial score (nSPS) is 14.2. The van der Waals surface area contributed by atoms with Gasteiger partial charge in [-0.1, -0.05) is 66.7 Å². The number of anilines is 3. The number of nitrogens with zero attached hydrogens (tertiary/aromatic N) is 2. The number of benzene rings is 3. The Hall–Kier alpha value is -3.26. The quantitative estimate of drug-likeness (QED) is 0.437. The minimum Gasteiger partial charge on any atom is -0.321 e. The molecular weight excluding hydrogens is 340 g/mol. The molecule has 0 bridgehead atoms. The van der Waals surface area contributed by atoms with Gasteiger partial charge in [-0.2, -0.15) is 0 Å². The largest absolute Gasteiger partial charge is 0.321 e. The molecule has 1 aliphatic carbocycles. The summed E-state index contributed by atoms with van der Waals surface area (Å²) < 4.78 is 0. The van der Waals surface area contributed by atoms with Gasteiger partial charge in [0.1, 0.15) is 6.17 Å². The van der Waals surface area contributed by atoms with E-state index in [0.29, 0.717) is 0 Å². The molecular formula is C26H26N2. The van der Waals surface area contributed by atoms with Gasteiger partial charge < -0.3 is 9.80 Å². The molecule has 28 heavy (non-hydrogen) atoms. The summed E-state index contributed by atoms with van der Waals surface area (Å²) in [6.45, 7) is 2.27. The monoisotopic (exact) mass is 366 g/mol. The molecule has 3 aromatic rings. The number of rotatable bonds is 6. The van der Waals surface area contributed by atoms with E-state index in [-0.39, 0.29) is 6.17 Å². The van der Waals surface area contributed by atoms with Gasteiger partial charge in [-0.15, -0.1) is 0 Å². The summed E-state index contributed by atoms with van der Waals surface area (Å²) >= 11 is 0. The first-order chi connectivity index (χ1) is 13.8. The number of hydrogen-bond acceptors (Lipinski definition) is 2. The second-order valence-electron chi connectivity index (χ2n) is 6.99. The van der Waals surface area contributed by atoms with Crippen molar-refractivity contribution in [3.05, 3.63) is 115 Å². The van der Waals surface area contributed by atoms with E-state index in [1.165, 1.54) is 22.8 Å². The highest BCUT2D eigenvalue weighted by molar-refractivity contribution is 5.68. The van der Waals surface area contributed by atoms with Crippen molar-refractivity contribution >= 4 is 17.1 Å². The van der Waals surface area contributed by atoms with Crippen LogP contribution < -0.4 is 9.80 Å². The van der Waals surface area contributed by atoms with Crippen LogP contribution >= 0.6 is 0 Å². The van der Waals surface area contributed by atoms with Crippen LogP contribution in [0.3, 0.4) is 0 Å². The molecule has 0 aliphatic heterocycles. The Morgan fingerprint density at radius 2 is 1.07 bits per heavy atom. The standard InChI is InChI=1S/C26H26N2/c1-22(27(23-14-6-2-7-15-23)24-16-8-3-9-17-24)28(25-18-10-4-11-19-25)26-20-12-5-13-21-26/h2-4,6-12,14-22H,5,13H2,1H3. The maximum Gasteiger partial charge on any atom is 0.108 e. The van der Waals surface area contributed by atoms with Gasteiger partial charge in [0, 0.05) is 22.8 Å². The summed E-state index contributed by atoms with van der Waals surface area (Å²) in [5, 5.41) is 0. The molecule has 1 aliphatic rings. The van der Waals surface area contributed by atoms with Crippen LogP contribution in [0.4, 0.5) is 17.1 Å². The van der Waals surface area contributed by atoms with Crippen LogP contribution in [0.5, 0.6) is 0 Å². The zero-order valence-corrected chi connectivity index (χ0v) is 16.3. The lowest BCUT2D eigenvalue weighted by molar-refractivity contribution is 0.697. The molecule has 0 heterocycles. The van der Waals surface area contributed by atoms with Crippen LogP contribution in [0.15, 0.2) is 115 Å². The average molecular weight is 367 g/mol. The Bertz CT molecular complexity index is 890. The predicted octanol–water partition coefficient (Wildman–Crippen LogP) is 6.91. The van der Waals surface area contributed by atoms with E-state index in [1.807, 2.05) is 0 Å². The summed E-state index contributed by atoms with van der Waals surface area (Å²) in [7, 11) is 0. The maximum atomic E-state index is 2.43. The van der Waals surface area contributed by atoms with Gasteiger partial charge in [-0.05, 0) is 62.2 Å². The highest BCUT2D eigenvalue weighted by Gasteiger charge is 2.25. The van der Waals surface area contributed by atoms with Gasteiger partial charge in [-0.3, -0.25) is 0 Å². The first kappa shape index (κ1) is 18.1. The van der Waals surface area contributed by atoms with E-state index in [1.54, 1.807) is 0 Å². The summed E-state index contributed by atoms with van der Waals surface area (Å²) in [6.07, 6.45) is 9.16. The van der Waals surface area contributed by atoms with Crippen molar-refractivity contribution < 1.29 is 0 Å². The van der Waals surface area contributed by atoms with Gasteiger partial charge in [-0.25, -0.2) is 0 Å². The van der Waals surface area contributed by atoms with Crippen molar-refractivity contribution in [2.75, 3.05) is 9.80 Å². The molecule has 140 valence electrons. The molecule has 0 spiro atoms. The summed E-state index contributed by atoms with van der Waals surface area (Å²) in [5.74, 6) is 0. The molecule has 0 saturated carbocycles. The summed E-state index contributed by atoms with van der Waals surface area (Å²) in [4.78, 5) is 4.83. The lowest BCUT2D eigenvalue weighted by atomic mass is 10.1.